The van der Waals surface area contributed by atoms with Crippen molar-refractivity contribution in [2.45, 2.75) is 40.5 Å². The van der Waals surface area contributed by atoms with Gasteiger partial charge in [-0.2, -0.15) is 0 Å². The van der Waals surface area contributed by atoms with Crippen molar-refractivity contribution in [3.63, 3.8) is 0 Å². The number of hydrogen-bond acceptors (Lipinski definition) is 1. The van der Waals surface area contributed by atoms with E-state index in [0.29, 0.717) is 22.5 Å². The van der Waals surface area contributed by atoms with Crippen LogP contribution in [0.4, 0.5) is 0 Å². The topological polar surface area (TPSA) is 17.1 Å². The highest BCUT2D eigenvalue weighted by Crippen LogP contribution is 2.72. The molecule has 2 saturated carbocycles. The molecule has 0 heterocycles. The Bertz CT molecular complexity index is 241. The van der Waals surface area contributed by atoms with E-state index in [1.165, 1.54) is 6.42 Å². The van der Waals surface area contributed by atoms with Crippen LogP contribution >= 0.6 is 0 Å². The molecule has 12 heavy (non-hydrogen) atoms. The van der Waals surface area contributed by atoms with E-state index in [4.69, 9.17) is 0 Å². The first-order valence-corrected chi connectivity index (χ1v) is 4.88. The lowest BCUT2D eigenvalue weighted by atomic mass is 9.93. The molecule has 0 aromatic carbocycles. The highest BCUT2D eigenvalue weighted by atomic mass is 16.1. The summed E-state index contributed by atoms with van der Waals surface area (Å²) in [6.45, 7) is 8.67. The second kappa shape index (κ2) is 1.94. The van der Waals surface area contributed by atoms with E-state index in [0.717, 1.165) is 12.3 Å². The molecule has 0 aromatic rings. The van der Waals surface area contributed by atoms with Gasteiger partial charge >= 0.3 is 0 Å². The summed E-state index contributed by atoms with van der Waals surface area (Å²) in [7, 11) is 0. The minimum atomic E-state index is 0.384. The first-order chi connectivity index (χ1) is 5.38. The summed E-state index contributed by atoms with van der Waals surface area (Å²) in [5.74, 6) is 1.61. The third-order valence-electron chi connectivity index (χ3n) is 4.08. The molecule has 2 fully saturated rings. The summed E-state index contributed by atoms with van der Waals surface area (Å²) >= 11 is 0. The Balaban J connectivity index is 2.04. The zero-order chi connectivity index (χ0) is 9.15. The SMILES string of the molecule is CC(=O)[C@H]1C[C@@]1(C)C1CC1(C)C. The van der Waals surface area contributed by atoms with Crippen molar-refractivity contribution < 1.29 is 4.79 Å². The zero-order valence-corrected chi connectivity index (χ0v) is 8.48. The molecule has 1 heteroatoms. The van der Waals surface area contributed by atoms with Gasteiger partial charge in [0.2, 0.25) is 0 Å². The molecule has 0 saturated heterocycles. The van der Waals surface area contributed by atoms with Crippen LogP contribution in [-0.4, -0.2) is 5.78 Å². The van der Waals surface area contributed by atoms with Crippen molar-refractivity contribution in [3.8, 4) is 0 Å². The third-order valence-corrected chi connectivity index (χ3v) is 4.08. The quantitative estimate of drug-likeness (QED) is 0.616. The van der Waals surface area contributed by atoms with E-state index in [1.54, 1.807) is 6.92 Å². The summed E-state index contributed by atoms with van der Waals surface area (Å²) in [6, 6.07) is 0. The Hall–Kier alpha value is -0.330. The van der Waals surface area contributed by atoms with Gasteiger partial charge in [-0.25, -0.2) is 0 Å². The molecular weight excluding hydrogens is 148 g/mol. The number of carbonyl (C=O) groups excluding carboxylic acids is 1. The summed E-state index contributed by atoms with van der Waals surface area (Å²) in [6.07, 6.45) is 2.48. The molecule has 0 amide bonds. The number of carbonyl (C=O) groups is 1. The fourth-order valence-electron chi connectivity index (χ4n) is 2.97. The Morgan fingerprint density at radius 1 is 1.25 bits per heavy atom. The molecule has 0 radical (unpaired) electrons. The third kappa shape index (κ3) is 0.949. The Morgan fingerprint density at radius 2 is 1.75 bits per heavy atom. The van der Waals surface area contributed by atoms with Gasteiger partial charge in [0.05, 0.1) is 0 Å². The highest BCUT2D eigenvalue weighted by molar-refractivity contribution is 5.82. The Kier molecular flexibility index (Phi) is 1.34. The molecule has 2 rings (SSSR count). The number of Topliss-reactive ketones (excluding diaryl/α,β-unsaturated/α-hetero) is 1. The highest BCUT2D eigenvalue weighted by Gasteiger charge is 2.67. The van der Waals surface area contributed by atoms with Gasteiger partial charge < -0.3 is 0 Å². The van der Waals surface area contributed by atoms with Crippen LogP contribution in [0.25, 0.3) is 0 Å². The predicted octanol–water partition coefficient (Wildman–Crippen LogP) is 2.65. The van der Waals surface area contributed by atoms with Crippen LogP contribution in [0.2, 0.25) is 0 Å². The van der Waals surface area contributed by atoms with Crippen LogP contribution < -0.4 is 0 Å². The van der Waals surface area contributed by atoms with Crippen molar-refractivity contribution in [2.24, 2.45) is 22.7 Å². The molecule has 68 valence electrons. The van der Waals surface area contributed by atoms with E-state index in [2.05, 4.69) is 20.8 Å². The van der Waals surface area contributed by atoms with Gasteiger partial charge in [0.15, 0.2) is 0 Å². The van der Waals surface area contributed by atoms with E-state index in [-0.39, 0.29) is 0 Å². The molecule has 1 nitrogen and oxygen atoms in total. The average Bonchev–Trinajstić information content (AvgIpc) is 2.72. The number of hydrogen-bond donors (Lipinski definition) is 0. The van der Waals surface area contributed by atoms with Gasteiger partial charge in [-0.3, -0.25) is 4.79 Å². The Labute approximate surface area is 74.5 Å². The van der Waals surface area contributed by atoms with Crippen molar-refractivity contribution in [2.75, 3.05) is 0 Å². The van der Waals surface area contributed by atoms with Gasteiger partial charge in [-0.1, -0.05) is 20.8 Å². The first-order valence-electron chi connectivity index (χ1n) is 4.88. The van der Waals surface area contributed by atoms with Gasteiger partial charge in [-0.15, -0.1) is 0 Å². The van der Waals surface area contributed by atoms with Crippen LogP contribution in [-0.2, 0) is 4.79 Å². The van der Waals surface area contributed by atoms with Crippen LogP contribution in [0.3, 0.4) is 0 Å². The average molecular weight is 166 g/mol. The summed E-state index contributed by atoms with van der Waals surface area (Å²) in [4.78, 5) is 11.2. The number of ketones is 1. The lowest BCUT2D eigenvalue weighted by Crippen LogP contribution is -2.10. The molecule has 3 atom stereocenters. The van der Waals surface area contributed by atoms with Crippen molar-refractivity contribution in [3.05, 3.63) is 0 Å². The molecule has 0 bridgehead atoms. The Morgan fingerprint density at radius 3 is 2.00 bits per heavy atom. The van der Waals surface area contributed by atoms with Gasteiger partial charge in [0.25, 0.3) is 0 Å². The fourth-order valence-corrected chi connectivity index (χ4v) is 2.97. The van der Waals surface area contributed by atoms with Crippen molar-refractivity contribution in [1.82, 2.24) is 0 Å². The molecule has 0 aromatic heterocycles. The monoisotopic (exact) mass is 166 g/mol. The molecule has 1 unspecified atom stereocenters. The van der Waals surface area contributed by atoms with Gasteiger partial charge in [0, 0.05) is 5.92 Å². The minimum Gasteiger partial charge on any atom is -0.300 e. The normalized spacial score (nSPS) is 48.7. The van der Waals surface area contributed by atoms with E-state index < -0.39 is 0 Å². The van der Waals surface area contributed by atoms with Gasteiger partial charge in [-0.05, 0) is 36.5 Å². The smallest absolute Gasteiger partial charge is 0.133 e. The van der Waals surface area contributed by atoms with Gasteiger partial charge in [0.1, 0.15) is 5.78 Å². The van der Waals surface area contributed by atoms with Crippen LogP contribution in [0.1, 0.15) is 40.5 Å². The lowest BCUT2D eigenvalue weighted by molar-refractivity contribution is -0.119. The molecule has 0 N–H and O–H groups in total. The molecule has 2 aliphatic carbocycles. The molecule has 0 spiro atoms. The van der Waals surface area contributed by atoms with Crippen LogP contribution in [0.5, 0.6) is 0 Å². The van der Waals surface area contributed by atoms with E-state index >= 15 is 0 Å². The van der Waals surface area contributed by atoms with Crippen molar-refractivity contribution in [1.29, 1.82) is 0 Å². The molecule has 2 aliphatic rings. The fraction of sp³-hybridized carbons (Fsp3) is 0.909. The van der Waals surface area contributed by atoms with Crippen molar-refractivity contribution >= 4 is 5.78 Å². The minimum absolute atomic E-state index is 0.384. The van der Waals surface area contributed by atoms with Crippen LogP contribution in [0, 0.1) is 22.7 Å². The standard InChI is InChI=1S/C11H18O/c1-7(12)8-5-11(8,4)9-6-10(9,2)3/h8-9H,5-6H2,1-4H3/t8-,9?,11-/m1/s1. The molecular formula is C11H18O. The lowest BCUT2D eigenvalue weighted by Gasteiger charge is -2.11. The second-order valence-electron chi connectivity index (χ2n) is 5.62. The maximum absolute atomic E-state index is 11.2. The predicted molar refractivity (Wildman–Crippen MR) is 48.8 cm³/mol. The largest absolute Gasteiger partial charge is 0.300 e. The maximum Gasteiger partial charge on any atom is 0.133 e. The first kappa shape index (κ1) is 8.28. The maximum atomic E-state index is 11.2. The summed E-state index contributed by atoms with van der Waals surface area (Å²) < 4.78 is 0. The van der Waals surface area contributed by atoms with Crippen LogP contribution in [0.15, 0.2) is 0 Å². The second-order valence-corrected chi connectivity index (χ2v) is 5.62. The summed E-state index contributed by atoms with van der Waals surface area (Å²) in [5, 5.41) is 0. The van der Waals surface area contributed by atoms with E-state index in [1.807, 2.05) is 0 Å². The van der Waals surface area contributed by atoms with E-state index in [9.17, 15) is 4.79 Å². The summed E-state index contributed by atoms with van der Waals surface area (Å²) in [5.41, 5.74) is 0.911. The number of rotatable bonds is 2. The molecule has 0 aliphatic heterocycles. The zero-order valence-electron chi connectivity index (χ0n) is 8.48.